The molecular formula is C16H15ClN2O2. The molecule has 1 amide bonds. The standard InChI is InChI=1S/C16H15ClN2O2/c1-2-21-14-6-4-3-5-12(14)7-10-16(20)19-15-9-8-13(17)11-18-15/h3-11H,2H2,1H3,(H,18,19,20)/b10-7+. The average molecular weight is 303 g/mol. The third kappa shape index (κ3) is 4.61. The van der Waals surface area contributed by atoms with E-state index >= 15 is 0 Å². The first-order valence-electron chi connectivity index (χ1n) is 6.51. The van der Waals surface area contributed by atoms with E-state index in [1.807, 2.05) is 31.2 Å². The van der Waals surface area contributed by atoms with Gasteiger partial charge >= 0.3 is 0 Å². The maximum absolute atomic E-state index is 11.8. The second kappa shape index (κ2) is 7.45. The molecule has 2 aromatic rings. The van der Waals surface area contributed by atoms with Crippen LogP contribution in [0.4, 0.5) is 5.82 Å². The molecule has 1 aromatic heterocycles. The van der Waals surface area contributed by atoms with E-state index in [0.717, 1.165) is 11.3 Å². The summed E-state index contributed by atoms with van der Waals surface area (Å²) in [6.45, 7) is 2.49. The van der Waals surface area contributed by atoms with Gasteiger partial charge < -0.3 is 10.1 Å². The molecule has 21 heavy (non-hydrogen) atoms. The number of hydrogen-bond acceptors (Lipinski definition) is 3. The Morgan fingerprint density at radius 3 is 2.86 bits per heavy atom. The number of pyridine rings is 1. The number of rotatable bonds is 5. The van der Waals surface area contributed by atoms with Gasteiger partial charge in [-0.1, -0.05) is 29.8 Å². The van der Waals surface area contributed by atoms with Crippen LogP contribution in [0.5, 0.6) is 5.75 Å². The molecule has 0 fully saturated rings. The lowest BCUT2D eigenvalue weighted by atomic mass is 10.2. The summed E-state index contributed by atoms with van der Waals surface area (Å²) in [5.41, 5.74) is 0.846. The molecule has 0 saturated heterocycles. The highest BCUT2D eigenvalue weighted by Gasteiger charge is 2.01. The first-order valence-corrected chi connectivity index (χ1v) is 6.89. The molecule has 5 heteroatoms. The van der Waals surface area contributed by atoms with Gasteiger partial charge in [0.25, 0.3) is 0 Å². The molecule has 2 rings (SSSR count). The Bertz CT molecular complexity index is 639. The van der Waals surface area contributed by atoms with E-state index in [2.05, 4.69) is 10.3 Å². The fourth-order valence-corrected chi connectivity index (χ4v) is 1.80. The summed E-state index contributed by atoms with van der Waals surface area (Å²) < 4.78 is 5.49. The Morgan fingerprint density at radius 2 is 2.14 bits per heavy atom. The molecule has 4 nitrogen and oxygen atoms in total. The molecule has 0 atom stereocenters. The third-order valence-electron chi connectivity index (χ3n) is 2.61. The lowest BCUT2D eigenvalue weighted by molar-refractivity contribution is -0.111. The van der Waals surface area contributed by atoms with Gasteiger partial charge in [0.05, 0.1) is 11.6 Å². The van der Waals surface area contributed by atoms with Crippen LogP contribution in [0.25, 0.3) is 6.08 Å². The summed E-state index contributed by atoms with van der Waals surface area (Å²) in [5, 5.41) is 3.18. The van der Waals surface area contributed by atoms with E-state index in [1.165, 1.54) is 12.3 Å². The molecule has 1 aromatic carbocycles. The van der Waals surface area contributed by atoms with Crippen molar-refractivity contribution in [3.05, 3.63) is 59.3 Å². The second-order valence-corrected chi connectivity index (χ2v) is 4.59. The van der Waals surface area contributed by atoms with E-state index in [1.54, 1.807) is 18.2 Å². The van der Waals surface area contributed by atoms with Crippen LogP contribution in [-0.2, 0) is 4.79 Å². The van der Waals surface area contributed by atoms with Crippen LogP contribution in [0.2, 0.25) is 5.02 Å². The van der Waals surface area contributed by atoms with E-state index in [9.17, 15) is 4.79 Å². The summed E-state index contributed by atoms with van der Waals surface area (Å²) in [4.78, 5) is 15.8. The summed E-state index contributed by atoms with van der Waals surface area (Å²) in [6.07, 6.45) is 4.62. The van der Waals surface area contributed by atoms with Crippen molar-refractivity contribution in [1.29, 1.82) is 0 Å². The number of hydrogen-bond donors (Lipinski definition) is 1. The van der Waals surface area contributed by atoms with Crippen LogP contribution in [0.15, 0.2) is 48.7 Å². The molecule has 108 valence electrons. The minimum absolute atomic E-state index is 0.267. The van der Waals surface area contributed by atoms with Crippen molar-refractivity contribution in [1.82, 2.24) is 4.98 Å². The number of carbonyl (C=O) groups is 1. The zero-order chi connectivity index (χ0) is 15.1. The maximum Gasteiger partial charge on any atom is 0.249 e. The second-order valence-electron chi connectivity index (χ2n) is 4.16. The quantitative estimate of drug-likeness (QED) is 0.855. The van der Waals surface area contributed by atoms with Crippen LogP contribution >= 0.6 is 11.6 Å². The number of amides is 1. The van der Waals surface area contributed by atoms with Gasteiger partial charge in [0.15, 0.2) is 0 Å². The molecular weight excluding hydrogens is 288 g/mol. The Hall–Kier alpha value is -2.33. The van der Waals surface area contributed by atoms with Crippen molar-refractivity contribution in [3.63, 3.8) is 0 Å². The predicted molar refractivity (Wildman–Crippen MR) is 84.5 cm³/mol. The van der Waals surface area contributed by atoms with Crippen LogP contribution in [0, 0.1) is 0 Å². The summed E-state index contributed by atoms with van der Waals surface area (Å²) in [6, 6.07) is 10.8. The zero-order valence-corrected chi connectivity index (χ0v) is 12.3. The lowest BCUT2D eigenvalue weighted by Gasteiger charge is -2.06. The van der Waals surface area contributed by atoms with Gasteiger partial charge in [-0.3, -0.25) is 4.79 Å². The number of anilines is 1. The van der Waals surface area contributed by atoms with Gasteiger partial charge in [-0.25, -0.2) is 4.98 Å². The minimum atomic E-state index is -0.267. The lowest BCUT2D eigenvalue weighted by Crippen LogP contribution is -2.08. The van der Waals surface area contributed by atoms with Crippen LogP contribution < -0.4 is 10.1 Å². The van der Waals surface area contributed by atoms with Crippen molar-refractivity contribution in [2.75, 3.05) is 11.9 Å². The van der Waals surface area contributed by atoms with Gasteiger partial charge in [-0.15, -0.1) is 0 Å². The first-order chi connectivity index (χ1) is 10.2. The molecule has 0 saturated carbocycles. The van der Waals surface area contributed by atoms with Crippen LogP contribution in [-0.4, -0.2) is 17.5 Å². The zero-order valence-electron chi connectivity index (χ0n) is 11.5. The smallest absolute Gasteiger partial charge is 0.249 e. The third-order valence-corrected chi connectivity index (χ3v) is 2.84. The predicted octanol–water partition coefficient (Wildman–Crippen LogP) is 3.79. The van der Waals surface area contributed by atoms with Gasteiger partial charge in [0.1, 0.15) is 11.6 Å². The maximum atomic E-state index is 11.8. The summed E-state index contributed by atoms with van der Waals surface area (Å²) in [7, 11) is 0. The highest BCUT2D eigenvalue weighted by atomic mass is 35.5. The van der Waals surface area contributed by atoms with E-state index in [0.29, 0.717) is 17.4 Å². The Kier molecular flexibility index (Phi) is 5.35. The number of ether oxygens (including phenoxy) is 1. The van der Waals surface area contributed by atoms with Gasteiger partial charge in [0, 0.05) is 17.8 Å². The molecule has 0 aliphatic heterocycles. The van der Waals surface area contributed by atoms with E-state index < -0.39 is 0 Å². The number of aromatic nitrogens is 1. The first kappa shape index (κ1) is 15.1. The number of nitrogens with one attached hydrogen (secondary N) is 1. The monoisotopic (exact) mass is 302 g/mol. The Morgan fingerprint density at radius 1 is 1.33 bits per heavy atom. The van der Waals surface area contributed by atoms with E-state index in [-0.39, 0.29) is 5.91 Å². The fraction of sp³-hybridized carbons (Fsp3) is 0.125. The van der Waals surface area contributed by atoms with Crippen molar-refractivity contribution < 1.29 is 9.53 Å². The number of para-hydroxylation sites is 1. The van der Waals surface area contributed by atoms with Gasteiger partial charge in [-0.05, 0) is 31.2 Å². The van der Waals surface area contributed by atoms with Crippen molar-refractivity contribution in [2.24, 2.45) is 0 Å². The SMILES string of the molecule is CCOc1ccccc1/C=C/C(=O)Nc1ccc(Cl)cn1. The Balaban J connectivity index is 2.03. The topological polar surface area (TPSA) is 51.2 Å². The number of carbonyl (C=O) groups excluding carboxylic acids is 1. The number of nitrogens with zero attached hydrogens (tertiary/aromatic N) is 1. The number of benzene rings is 1. The molecule has 0 spiro atoms. The average Bonchev–Trinajstić information content (AvgIpc) is 2.49. The molecule has 0 unspecified atom stereocenters. The molecule has 0 aliphatic rings. The van der Waals surface area contributed by atoms with Crippen LogP contribution in [0.3, 0.4) is 0 Å². The van der Waals surface area contributed by atoms with Crippen molar-refractivity contribution >= 4 is 29.4 Å². The molecule has 0 radical (unpaired) electrons. The number of halogens is 1. The summed E-state index contributed by atoms with van der Waals surface area (Å²) >= 11 is 5.73. The highest BCUT2D eigenvalue weighted by Crippen LogP contribution is 2.19. The summed E-state index contributed by atoms with van der Waals surface area (Å²) in [5.74, 6) is 0.928. The van der Waals surface area contributed by atoms with Gasteiger partial charge in [0.2, 0.25) is 5.91 Å². The van der Waals surface area contributed by atoms with Gasteiger partial charge in [-0.2, -0.15) is 0 Å². The highest BCUT2D eigenvalue weighted by molar-refractivity contribution is 6.30. The molecule has 0 bridgehead atoms. The van der Waals surface area contributed by atoms with Crippen molar-refractivity contribution in [3.8, 4) is 5.75 Å². The molecule has 1 heterocycles. The molecule has 0 aliphatic carbocycles. The molecule has 1 N–H and O–H groups in total. The minimum Gasteiger partial charge on any atom is -0.493 e. The van der Waals surface area contributed by atoms with Crippen LogP contribution in [0.1, 0.15) is 12.5 Å². The van der Waals surface area contributed by atoms with E-state index in [4.69, 9.17) is 16.3 Å². The normalized spacial score (nSPS) is 10.6. The van der Waals surface area contributed by atoms with Crippen molar-refractivity contribution in [2.45, 2.75) is 6.92 Å². The Labute approximate surface area is 128 Å². The fourth-order valence-electron chi connectivity index (χ4n) is 1.69. The largest absolute Gasteiger partial charge is 0.493 e.